The number of nitrogens with one attached hydrogen (secondary N) is 1. The number of ketones is 1. The summed E-state index contributed by atoms with van der Waals surface area (Å²) in [6.45, 7) is 10.7. The Balaban J connectivity index is 2.71. The van der Waals surface area contributed by atoms with Crippen molar-refractivity contribution in [1.82, 2.24) is 10.3 Å². The summed E-state index contributed by atoms with van der Waals surface area (Å²) in [5.41, 5.74) is 0.580. The number of hydrogen-bond donors (Lipinski definition) is 1. The lowest BCUT2D eigenvalue weighted by molar-refractivity contribution is -0.123. The van der Waals surface area contributed by atoms with Gasteiger partial charge in [-0.15, -0.1) is 11.3 Å². The average Bonchev–Trinajstić information content (AvgIpc) is 2.45. The van der Waals surface area contributed by atoms with Crippen LogP contribution in [0.25, 0.3) is 0 Å². The summed E-state index contributed by atoms with van der Waals surface area (Å²) in [4.78, 5) is 17.6. The molecule has 0 aliphatic heterocycles. The minimum Gasteiger partial charge on any atom is -0.306 e. The quantitative estimate of drug-likeness (QED) is 0.858. The topological polar surface area (TPSA) is 42.0 Å². The highest BCUT2D eigenvalue weighted by Gasteiger charge is 2.26. The van der Waals surface area contributed by atoms with Gasteiger partial charge in [-0.05, 0) is 34.2 Å². The number of carbonyl (C=O) groups is 1. The fourth-order valence-corrected chi connectivity index (χ4v) is 2.45. The molecule has 3 nitrogen and oxygen atoms in total. The molecule has 1 heterocycles. The number of thiazole rings is 1. The molecule has 0 unspecified atom stereocenters. The van der Waals surface area contributed by atoms with Crippen molar-refractivity contribution in [3.05, 3.63) is 15.6 Å². The molecule has 0 aromatic carbocycles. The summed E-state index contributed by atoms with van der Waals surface area (Å²) < 4.78 is 0. The Labute approximate surface area is 101 Å². The van der Waals surface area contributed by atoms with Gasteiger partial charge in [0, 0.05) is 4.88 Å². The zero-order chi connectivity index (χ0) is 12.3. The molecule has 0 fully saturated rings. The van der Waals surface area contributed by atoms with E-state index in [1.54, 1.807) is 11.3 Å². The van der Waals surface area contributed by atoms with Gasteiger partial charge in [-0.2, -0.15) is 0 Å². The van der Waals surface area contributed by atoms with E-state index < -0.39 is 5.54 Å². The van der Waals surface area contributed by atoms with Gasteiger partial charge in [-0.25, -0.2) is 4.98 Å². The van der Waals surface area contributed by atoms with E-state index in [9.17, 15) is 4.79 Å². The molecule has 0 radical (unpaired) electrons. The molecule has 0 saturated carbocycles. The van der Waals surface area contributed by atoms with Crippen molar-refractivity contribution >= 4 is 17.1 Å². The lowest BCUT2D eigenvalue weighted by Crippen LogP contribution is -2.47. The first kappa shape index (κ1) is 13.3. The minimum atomic E-state index is -0.456. The van der Waals surface area contributed by atoms with E-state index in [0.717, 1.165) is 17.2 Å². The molecular formula is C12H20N2OS. The van der Waals surface area contributed by atoms with Gasteiger partial charge in [0.1, 0.15) is 5.01 Å². The summed E-state index contributed by atoms with van der Waals surface area (Å²) in [7, 11) is 0. The standard InChI is InChI=1S/C12H20N2OS/c1-6-13-12(4,5)10(15)7-11-14-8(2)9(3)16-11/h13H,6-7H2,1-5H3. The Morgan fingerprint density at radius 3 is 2.50 bits per heavy atom. The first-order chi connectivity index (χ1) is 7.36. The molecular weight excluding hydrogens is 220 g/mol. The number of carbonyl (C=O) groups excluding carboxylic acids is 1. The molecule has 0 atom stereocenters. The summed E-state index contributed by atoms with van der Waals surface area (Å²) >= 11 is 1.62. The first-order valence-electron chi connectivity index (χ1n) is 5.58. The molecule has 4 heteroatoms. The van der Waals surface area contributed by atoms with Crippen molar-refractivity contribution in [1.29, 1.82) is 0 Å². The fraction of sp³-hybridized carbons (Fsp3) is 0.667. The summed E-state index contributed by atoms with van der Waals surface area (Å²) in [5.74, 6) is 0.197. The number of aryl methyl sites for hydroxylation is 2. The number of aromatic nitrogens is 1. The molecule has 1 rings (SSSR count). The Morgan fingerprint density at radius 2 is 2.06 bits per heavy atom. The monoisotopic (exact) mass is 240 g/mol. The average molecular weight is 240 g/mol. The molecule has 0 spiro atoms. The third-order valence-corrected chi connectivity index (χ3v) is 3.77. The molecule has 1 aromatic heterocycles. The predicted octanol–water partition coefficient (Wildman–Crippen LogP) is 2.26. The number of hydrogen-bond acceptors (Lipinski definition) is 4. The second-order valence-corrected chi connectivity index (χ2v) is 5.79. The molecule has 0 aliphatic carbocycles. The maximum absolute atomic E-state index is 12.0. The maximum atomic E-state index is 12.0. The van der Waals surface area contributed by atoms with Crippen LogP contribution in [-0.2, 0) is 11.2 Å². The van der Waals surface area contributed by atoms with Gasteiger partial charge in [0.05, 0.1) is 17.7 Å². The van der Waals surface area contributed by atoms with Gasteiger partial charge in [-0.3, -0.25) is 4.79 Å². The number of likely N-dealkylation sites (N-methyl/N-ethyl adjacent to an activating group) is 1. The van der Waals surface area contributed by atoms with Crippen LogP contribution in [0.2, 0.25) is 0 Å². The summed E-state index contributed by atoms with van der Waals surface area (Å²) in [6.07, 6.45) is 0.430. The Hall–Kier alpha value is -0.740. The number of rotatable bonds is 5. The maximum Gasteiger partial charge on any atom is 0.159 e. The lowest BCUT2D eigenvalue weighted by Gasteiger charge is -2.23. The van der Waals surface area contributed by atoms with Crippen molar-refractivity contribution in [3.8, 4) is 0 Å². The van der Waals surface area contributed by atoms with Crippen LogP contribution in [0.4, 0.5) is 0 Å². The normalized spacial score (nSPS) is 11.8. The Morgan fingerprint density at radius 1 is 1.44 bits per heavy atom. The van der Waals surface area contributed by atoms with E-state index in [1.807, 2.05) is 34.6 Å². The van der Waals surface area contributed by atoms with Crippen LogP contribution >= 0.6 is 11.3 Å². The van der Waals surface area contributed by atoms with E-state index in [1.165, 1.54) is 4.88 Å². The van der Waals surface area contributed by atoms with Gasteiger partial charge < -0.3 is 5.32 Å². The third kappa shape index (κ3) is 3.12. The van der Waals surface area contributed by atoms with Gasteiger partial charge >= 0.3 is 0 Å². The lowest BCUT2D eigenvalue weighted by atomic mass is 9.97. The molecule has 1 aromatic rings. The largest absolute Gasteiger partial charge is 0.306 e. The molecule has 16 heavy (non-hydrogen) atoms. The molecule has 0 bridgehead atoms. The zero-order valence-electron chi connectivity index (χ0n) is 10.7. The van der Waals surface area contributed by atoms with Crippen molar-refractivity contribution in [2.24, 2.45) is 0 Å². The van der Waals surface area contributed by atoms with Crippen molar-refractivity contribution in [3.63, 3.8) is 0 Å². The van der Waals surface area contributed by atoms with Gasteiger partial charge in [0.2, 0.25) is 0 Å². The van der Waals surface area contributed by atoms with Crippen LogP contribution in [0.15, 0.2) is 0 Å². The SMILES string of the molecule is CCNC(C)(C)C(=O)Cc1nc(C)c(C)s1. The Kier molecular flexibility index (Phi) is 4.21. The van der Waals surface area contributed by atoms with Crippen LogP contribution in [0.5, 0.6) is 0 Å². The van der Waals surface area contributed by atoms with E-state index in [2.05, 4.69) is 10.3 Å². The van der Waals surface area contributed by atoms with E-state index >= 15 is 0 Å². The van der Waals surface area contributed by atoms with Crippen LogP contribution < -0.4 is 5.32 Å². The van der Waals surface area contributed by atoms with Gasteiger partial charge in [0.25, 0.3) is 0 Å². The smallest absolute Gasteiger partial charge is 0.159 e. The highest BCUT2D eigenvalue weighted by Crippen LogP contribution is 2.19. The van der Waals surface area contributed by atoms with Crippen molar-refractivity contribution in [2.45, 2.75) is 46.6 Å². The number of Topliss-reactive ketones (excluding diaryl/α,β-unsaturated/α-hetero) is 1. The van der Waals surface area contributed by atoms with Crippen LogP contribution in [0.1, 0.15) is 36.3 Å². The van der Waals surface area contributed by atoms with Gasteiger partial charge in [0.15, 0.2) is 5.78 Å². The minimum absolute atomic E-state index is 0.197. The van der Waals surface area contributed by atoms with Crippen molar-refractivity contribution in [2.75, 3.05) is 6.54 Å². The van der Waals surface area contributed by atoms with Gasteiger partial charge in [-0.1, -0.05) is 6.92 Å². The second kappa shape index (κ2) is 5.06. The molecule has 0 amide bonds. The number of nitrogens with zero attached hydrogens (tertiary/aromatic N) is 1. The third-order valence-electron chi connectivity index (χ3n) is 2.70. The van der Waals surface area contributed by atoms with Crippen LogP contribution in [0.3, 0.4) is 0 Å². The van der Waals surface area contributed by atoms with E-state index in [0.29, 0.717) is 6.42 Å². The fourth-order valence-electron chi connectivity index (χ4n) is 1.51. The van der Waals surface area contributed by atoms with Crippen molar-refractivity contribution < 1.29 is 4.79 Å². The van der Waals surface area contributed by atoms with E-state index in [-0.39, 0.29) is 5.78 Å². The van der Waals surface area contributed by atoms with E-state index in [4.69, 9.17) is 0 Å². The summed E-state index contributed by atoms with van der Waals surface area (Å²) in [5, 5.41) is 4.11. The molecule has 90 valence electrons. The highest BCUT2D eigenvalue weighted by molar-refractivity contribution is 7.11. The second-order valence-electron chi connectivity index (χ2n) is 4.50. The van der Waals surface area contributed by atoms with Crippen LogP contribution in [0, 0.1) is 13.8 Å². The zero-order valence-corrected chi connectivity index (χ0v) is 11.5. The highest BCUT2D eigenvalue weighted by atomic mass is 32.1. The van der Waals surface area contributed by atoms with Crippen LogP contribution in [-0.4, -0.2) is 22.9 Å². The molecule has 1 N–H and O–H groups in total. The summed E-state index contributed by atoms with van der Waals surface area (Å²) in [6, 6.07) is 0. The first-order valence-corrected chi connectivity index (χ1v) is 6.39. The molecule has 0 aliphatic rings. The molecule has 0 saturated heterocycles. The predicted molar refractivity (Wildman–Crippen MR) is 68.1 cm³/mol. The Bertz CT molecular complexity index is 363.